The summed E-state index contributed by atoms with van der Waals surface area (Å²) in [5.41, 5.74) is 20.8. The van der Waals surface area contributed by atoms with Crippen molar-refractivity contribution in [2.75, 3.05) is 0 Å². The summed E-state index contributed by atoms with van der Waals surface area (Å²) in [5.74, 6) is 4.16. The minimum Gasteiger partial charge on any atom is -0.455 e. The first-order valence-electron chi connectivity index (χ1n) is 34.8. The van der Waals surface area contributed by atoms with Gasteiger partial charge in [0, 0.05) is 82.6 Å². The lowest BCUT2D eigenvalue weighted by molar-refractivity contribution is 0.619. The molecule has 0 amide bonds. The Morgan fingerprint density at radius 2 is 0.667 bits per heavy atom. The molecule has 0 unspecified atom stereocenters. The maximum absolute atomic E-state index is 7.03. The summed E-state index contributed by atoms with van der Waals surface area (Å²) >= 11 is 0. The van der Waals surface area contributed by atoms with Crippen molar-refractivity contribution in [3.05, 3.63) is 328 Å². The van der Waals surface area contributed by atoms with E-state index in [1.165, 1.54) is 0 Å². The van der Waals surface area contributed by atoms with Crippen LogP contribution < -0.4 is 0 Å². The monoisotopic (exact) mass is 1350 g/mol. The number of aromatic nitrogens is 10. The molecule has 0 fully saturated rings. The number of furan rings is 1. The number of nitrogens with zero attached hydrogens (tertiary/aromatic N) is 10. The van der Waals surface area contributed by atoms with E-state index in [1.54, 1.807) is 0 Å². The highest BCUT2D eigenvalue weighted by atomic mass is 16.4. The van der Waals surface area contributed by atoms with E-state index in [4.69, 9.17) is 53.1 Å². The second kappa shape index (κ2) is 24.1. The first-order chi connectivity index (χ1) is 52.0. The van der Waals surface area contributed by atoms with Gasteiger partial charge in [-0.15, -0.1) is 0 Å². The molecule has 0 aliphatic rings. The number of oxazole rings is 2. The predicted molar refractivity (Wildman–Crippen MR) is 419 cm³/mol. The van der Waals surface area contributed by atoms with Crippen LogP contribution in [0.5, 0.6) is 0 Å². The van der Waals surface area contributed by atoms with Gasteiger partial charge in [-0.05, 0) is 144 Å². The summed E-state index contributed by atoms with van der Waals surface area (Å²) in [5, 5.41) is 6.13. The molecule has 105 heavy (non-hydrogen) atoms. The molecule has 0 aliphatic heterocycles. The van der Waals surface area contributed by atoms with Gasteiger partial charge >= 0.3 is 0 Å². The standard InChI is InChI=1S/C92H54N10O3/c1-4-22-55(23-5-1)59-28-20-29-60(48-59)88-96-85(56-24-6-2-7-25-56)97-89(98-88)61-30-21-31-66(49-61)102-77-38-16-11-34-70(77)83-71(52-64(54-79(83)102)92-94-75-36-14-19-41-82(75)105-92)63-50-72-69-33-12-17-39-80(69)103-84(72)73(51-63)90-99-86(57-26-8-3-9-27-57)95-87(100-90)58-42-45-65(46-43-58)101-76-37-15-10-32-67(76)68-47-44-62(53-78(68)101)91-93-74-35-13-18-40-81(74)104-91/h1-54H. The van der Waals surface area contributed by atoms with Gasteiger partial charge < -0.3 is 22.4 Å². The molecule has 0 aliphatic carbocycles. The van der Waals surface area contributed by atoms with Crippen LogP contribution in [0.25, 0.3) is 213 Å². The molecule has 7 aromatic heterocycles. The van der Waals surface area contributed by atoms with Crippen molar-refractivity contribution in [2.24, 2.45) is 0 Å². The molecule has 0 N–H and O–H groups in total. The third-order valence-electron chi connectivity index (χ3n) is 19.9. The normalized spacial score (nSPS) is 11.8. The lowest BCUT2D eigenvalue weighted by Crippen LogP contribution is -2.01. The number of benzene rings is 14. The fraction of sp³-hybridized carbons (Fsp3) is 0. The maximum Gasteiger partial charge on any atom is 0.227 e. The van der Waals surface area contributed by atoms with E-state index < -0.39 is 0 Å². The lowest BCUT2D eigenvalue weighted by Gasteiger charge is -2.14. The number of fused-ring (bicyclic) bond motifs is 11. The molecule has 0 bridgehead atoms. The zero-order chi connectivity index (χ0) is 69.1. The maximum atomic E-state index is 7.03. The SMILES string of the molecule is c1ccc(-c2cccc(-c3nc(-c4ccccc4)nc(-c4cccc(-n5c6ccccc6c6c(-c7cc(-c8nc(-c9ccccc9)nc(-c9ccc(-n%10c%11ccccc%11c%11ccc(-c%12nc%13ccccc%13o%12)cc%11%10)cc9)n8)c8oc9ccccc9c8c7)cc(-c7nc8ccccc8o7)cc65)c4)n3)c2)cc1. The fourth-order valence-corrected chi connectivity index (χ4v) is 15.0. The van der Waals surface area contributed by atoms with Crippen LogP contribution in [0.15, 0.2) is 341 Å². The average molecular weight is 1350 g/mol. The Morgan fingerprint density at radius 1 is 0.210 bits per heavy atom. The Hall–Kier alpha value is -14.6. The summed E-state index contributed by atoms with van der Waals surface area (Å²) in [6.07, 6.45) is 0. The van der Waals surface area contributed by atoms with Crippen LogP contribution in [0.3, 0.4) is 0 Å². The summed E-state index contributed by atoms with van der Waals surface area (Å²) < 4.78 is 24.7. The second-order valence-corrected chi connectivity index (χ2v) is 26.2. The van der Waals surface area contributed by atoms with Crippen molar-refractivity contribution in [3.63, 3.8) is 0 Å². The van der Waals surface area contributed by atoms with E-state index in [1.807, 2.05) is 127 Å². The Kier molecular flexibility index (Phi) is 13.6. The van der Waals surface area contributed by atoms with E-state index in [0.29, 0.717) is 63.5 Å². The highest BCUT2D eigenvalue weighted by Gasteiger charge is 2.26. The van der Waals surface area contributed by atoms with E-state index in [2.05, 4.69) is 209 Å². The molecule has 0 saturated heterocycles. The highest BCUT2D eigenvalue weighted by Crippen LogP contribution is 2.47. The van der Waals surface area contributed by atoms with Crippen LogP contribution in [-0.4, -0.2) is 49.0 Å². The van der Waals surface area contributed by atoms with Crippen LogP contribution in [0.1, 0.15) is 0 Å². The molecular formula is C92H54N10O3. The fourth-order valence-electron chi connectivity index (χ4n) is 15.0. The third kappa shape index (κ3) is 10.2. The van der Waals surface area contributed by atoms with Gasteiger partial charge in [-0.1, -0.05) is 206 Å². The van der Waals surface area contributed by atoms with Crippen molar-refractivity contribution in [1.29, 1.82) is 0 Å². The molecule has 0 atom stereocenters. The van der Waals surface area contributed by atoms with E-state index in [0.717, 1.165) is 149 Å². The molecule has 0 radical (unpaired) electrons. The van der Waals surface area contributed by atoms with Gasteiger partial charge in [-0.2, -0.15) is 0 Å². The molecule has 21 aromatic rings. The van der Waals surface area contributed by atoms with Crippen LogP contribution in [-0.2, 0) is 0 Å². The largest absolute Gasteiger partial charge is 0.455 e. The van der Waals surface area contributed by atoms with Crippen LogP contribution >= 0.6 is 0 Å². The zero-order valence-corrected chi connectivity index (χ0v) is 55.9. The summed E-state index contributed by atoms with van der Waals surface area (Å²) in [7, 11) is 0. The van der Waals surface area contributed by atoms with E-state index in [9.17, 15) is 0 Å². The van der Waals surface area contributed by atoms with E-state index in [-0.39, 0.29) is 0 Å². The molecule has 21 rings (SSSR count). The van der Waals surface area contributed by atoms with Gasteiger partial charge in [-0.25, -0.2) is 39.9 Å². The van der Waals surface area contributed by atoms with Gasteiger partial charge in [0.15, 0.2) is 46.1 Å². The Balaban J connectivity index is 0.749. The summed E-state index contributed by atoms with van der Waals surface area (Å²) in [4.78, 5) is 42.0. The van der Waals surface area contributed by atoms with Crippen molar-refractivity contribution in [2.45, 2.75) is 0 Å². The molecule has 7 heterocycles. The van der Waals surface area contributed by atoms with Crippen molar-refractivity contribution < 1.29 is 13.3 Å². The molecule has 490 valence electrons. The molecule has 14 aromatic carbocycles. The van der Waals surface area contributed by atoms with Gasteiger partial charge in [-0.3, -0.25) is 0 Å². The van der Waals surface area contributed by atoms with Crippen LogP contribution in [0, 0.1) is 0 Å². The lowest BCUT2D eigenvalue weighted by atomic mass is 9.93. The molecule has 13 heteroatoms. The van der Waals surface area contributed by atoms with E-state index >= 15 is 0 Å². The number of hydrogen-bond donors (Lipinski definition) is 0. The summed E-state index contributed by atoms with van der Waals surface area (Å²) in [6, 6.07) is 112. The van der Waals surface area contributed by atoms with Crippen LogP contribution in [0.4, 0.5) is 0 Å². The first-order valence-corrected chi connectivity index (χ1v) is 34.8. The molecular weight excluding hydrogens is 1290 g/mol. The number of rotatable bonds is 12. The first kappa shape index (κ1) is 59.3. The Morgan fingerprint density at radius 3 is 1.32 bits per heavy atom. The topological polar surface area (TPSA) is 152 Å². The van der Waals surface area contributed by atoms with Crippen molar-refractivity contribution in [3.8, 4) is 125 Å². The second-order valence-electron chi connectivity index (χ2n) is 26.2. The Bertz CT molecular complexity index is 6970. The smallest absolute Gasteiger partial charge is 0.227 e. The minimum absolute atomic E-state index is 0.439. The number of para-hydroxylation sites is 7. The van der Waals surface area contributed by atoms with Crippen molar-refractivity contribution in [1.82, 2.24) is 49.0 Å². The highest BCUT2D eigenvalue weighted by molar-refractivity contribution is 6.19. The third-order valence-corrected chi connectivity index (χ3v) is 19.9. The van der Waals surface area contributed by atoms with Crippen molar-refractivity contribution >= 4 is 87.7 Å². The van der Waals surface area contributed by atoms with Gasteiger partial charge in [0.05, 0.1) is 27.6 Å². The predicted octanol–water partition coefficient (Wildman–Crippen LogP) is 23.1. The molecule has 0 saturated carbocycles. The van der Waals surface area contributed by atoms with Gasteiger partial charge in [0.25, 0.3) is 0 Å². The molecule has 13 nitrogen and oxygen atoms in total. The van der Waals surface area contributed by atoms with Gasteiger partial charge in [0.2, 0.25) is 11.8 Å². The average Bonchev–Trinajstić information content (AvgIpc) is 1.59. The minimum atomic E-state index is 0.439. The summed E-state index contributed by atoms with van der Waals surface area (Å²) in [6.45, 7) is 0. The van der Waals surface area contributed by atoms with Crippen LogP contribution in [0.2, 0.25) is 0 Å². The number of hydrogen-bond acceptors (Lipinski definition) is 11. The Labute approximate surface area is 599 Å². The molecule has 0 spiro atoms. The quantitative estimate of drug-likeness (QED) is 0.115. The van der Waals surface area contributed by atoms with Gasteiger partial charge in [0.1, 0.15) is 22.2 Å². The zero-order valence-electron chi connectivity index (χ0n) is 55.9.